The zero-order chi connectivity index (χ0) is 21.6. The van der Waals surface area contributed by atoms with Gasteiger partial charge < -0.3 is 14.4 Å². The van der Waals surface area contributed by atoms with Crippen molar-refractivity contribution in [1.82, 2.24) is 9.21 Å². The Hall–Kier alpha value is -2.13. The van der Waals surface area contributed by atoms with Crippen LogP contribution in [0.4, 0.5) is 0 Å². The molecule has 1 aromatic carbocycles. The van der Waals surface area contributed by atoms with Crippen molar-refractivity contribution < 1.29 is 27.5 Å². The van der Waals surface area contributed by atoms with Gasteiger partial charge in [-0.1, -0.05) is 6.92 Å². The lowest BCUT2D eigenvalue weighted by Gasteiger charge is -2.34. The van der Waals surface area contributed by atoms with Gasteiger partial charge in [-0.05, 0) is 44.0 Å². The van der Waals surface area contributed by atoms with Gasteiger partial charge in [0.05, 0.1) is 25.0 Å². The molecule has 0 radical (unpaired) electrons. The van der Waals surface area contributed by atoms with Crippen molar-refractivity contribution in [3.8, 4) is 5.75 Å². The third-order valence-corrected chi connectivity index (χ3v) is 7.20. The van der Waals surface area contributed by atoms with E-state index in [1.165, 1.54) is 30.7 Å². The van der Waals surface area contributed by atoms with Gasteiger partial charge in [0.25, 0.3) is 0 Å². The van der Waals surface area contributed by atoms with E-state index in [9.17, 15) is 18.0 Å². The van der Waals surface area contributed by atoms with E-state index in [1.54, 1.807) is 24.0 Å². The normalized spacial score (nSPS) is 16.8. The van der Waals surface area contributed by atoms with E-state index < -0.39 is 15.9 Å². The Balaban J connectivity index is 1.99. The van der Waals surface area contributed by atoms with Crippen LogP contribution >= 0.6 is 0 Å². The molecule has 1 amide bonds. The molecule has 0 saturated carbocycles. The maximum Gasteiger partial charge on any atom is 0.310 e. The number of methoxy groups -OCH3 is 2. The van der Waals surface area contributed by atoms with Gasteiger partial charge in [-0.3, -0.25) is 9.59 Å². The van der Waals surface area contributed by atoms with Crippen molar-refractivity contribution in [2.45, 2.75) is 31.6 Å². The average Bonchev–Trinajstić information content (AvgIpc) is 2.76. The Bertz CT molecular complexity index is 801. The summed E-state index contributed by atoms with van der Waals surface area (Å²) in [4.78, 5) is 26.4. The van der Waals surface area contributed by atoms with E-state index >= 15 is 0 Å². The summed E-state index contributed by atoms with van der Waals surface area (Å²) in [5.41, 5.74) is 0. The summed E-state index contributed by atoms with van der Waals surface area (Å²) in [5.74, 6) is -0.447. The van der Waals surface area contributed by atoms with Crippen LogP contribution in [0, 0.1) is 11.8 Å². The molecule has 0 aromatic heterocycles. The molecule has 1 aliphatic rings. The van der Waals surface area contributed by atoms with E-state index in [0.717, 1.165) is 0 Å². The number of esters is 1. The van der Waals surface area contributed by atoms with Crippen LogP contribution in [-0.4, -0.2) is 69.9 Å². The maximum atomic E-state index is 12.9. The highest BCUT2D eigenvalue weighted by Gasteiger charge is 2.34. The van der Waals surface area contributed by atoms with Crippen LogP contribution in [0.15, 0.2) is 29.2 Å². The highest BCUT2D eigenvalue weighted by Crippen LogP contribution is 2.26. The molecule has 1 heterocycles. The largest absolute Gasteiger partial charge is 0.497 e. The van der Waals surface area contributed by atoms with Gasteiger partial charge in [0.2, 0.25) is 15.9 Å². The Labute approximate surface area is 172 Å². The number of rotatable bonds is 8. The molecule has 0 aliphatic carbocycles. The molecule has 0 bridgehead atoms. The minimum Gasteiger partial charge on any atom is -0.497 e. The van der Waals surface area contributed by atoms with Crippen LogP contribution in [0.2, 0.25) is 0 Å². The number of hydrogen-bond acceptors (Lipinski definition) is 6. The van der Waals surface area contributed by atoms with Gasteiger partial charge in [-0.15, -0.1) is 0 Å². The van der Waals surface area contributed by atoms with Crippen LogP contribution in [0.25, 0.3) is 0 Å². The second-order valence-corrected chi connectivity index (χ2v) is 9.09. The molecule has 0 spiro atoms. The molecule has 162 valence electrons. The fraction of sp³-hybridized carbons (Fsp3) is 0.600. The third kappa shape index (κ3) is 5.48. The lowest BCUT2D eigenvalue weighted by Crippen LogP contribution is -2.45. The number of carbonyl (C=O) groups excluding carboxylic acids is 2. The Kier molecular flexibility index (Phi) is 8.04. The smallest absolute Gasteiger partial charge is 0.310 e. The molecular formula is C20H30N2O6S. The molecule has 1 fully saturated rings. The second kappa shape index (κ2) is 10.1. The summed E-state index contributed by atoms with van der Waals surface area (Å²) in [6.45, 7) is 4.96. The quantitative estimate of drug-likeness (QED) is 0.588. The van der Waals surface area contributed by atoms with Crippen LogP contribution in [0.5, 0.6) is 5.75 Å². The fourth-order valence-corrected chi connectivity index (χ4v) is 4.95. The predicted molar refractivity (Wildman–Crippen MR) is 108 cm³/mol. The van der Waals surface area contributed by atoms with E-state index in [4.69, 9.17) is 9.47 Å². The SMILES string of the molecule is CCN(CC(C)C(=O)OC)C(=O)C1CCN(S(=O)(=O)c2ccc(OC)cc2)CC1. The monoisotopic (exact) mass is 426 g/mol. The van der Waals surface area contributed by atoms with Gasteiger partial charge in [0.1, 0.15) is 5.75 Å². The molecule has 29 heavy (non-hydrogen) atoms. The lowest BCUT2D eigenvalue weighted by atomic mass is 9.96. The van der Waals surface area contributed by atoms with Gasteiger partial charge in [-0.2, -0.15) is 4.31 Å². The molecule has 1 saturated heterocycles. The highest BCUT2D eigenvalue weighted by atomic mass is 32.2. The first-order valence-electron chi connectivity index (χ1n) is 9.75. The van der Waals surface area contributed by atoms with E-state index in [-0.39, 0.29) is 35.8 Å². The third-order valence-electron chi connectivity index (χ3n) is 5.29. The summed E-state index contributed by atoms with van der Waals surface area (Å²) in [6.07, 6.45) is 0.911. The van der Waals surface area contributed by atoms with Crippen molar-refractivity contribution in [2.24, 2.45) is 11.8 Å². The molecule has 1 aliphatic heterocycles. The zero-order valence-corrected chi connectivity index (χ0v) is 18.3. The number of hydrogen-bond donors (Lipinski definition) is 0. The Morgan fingerprint density at radius 2 is 1.76 bits per heavy atom. The summed E-state index contributed by atoms with van der Waals surface area (Å²) >= 11 is 0. The fourth-order valence-electron chi connectivity index (χ4n) is 3.48. The van der Waals surface area contributed by atoms with Crippen molar-refractivity contribution in [3.63, 3.8) is 0 Å². The van der Waals surface area contributed by atoms with Gasteiger partial charge in [0.15, 0.2) is 0 Å². The number of carbonyl (C=O) groups is 2. The van der Waals surface area contributed by atoms with E-state index in [1.807, 2.05) is 6.92 Å². The first kappa shape index (κ1) is 23.2. The summed E-state index contributed by atoms with van der Waals surface area (Å²) < 4.78 is 36.9. The maximum absolute atomic E-state index is 12.9. The molecule has 1 atom stereocenters. The van der Waals surface area contributed by atoms with Crippen LogP contribution < -0.4 is 4.74 Å². The minimum atomic E-state index is -3.60. The number of sulfonamides is 1. The number of amides is 1. The summed E-state index contributed by atoms with van der Waals surface area (Å²) in [7, 11) is -0.750. The Morgan fingerprint density at radius 3 is 2.24 bits per heavy atom. The van der Waals surface area contributed by atoms with Crippen molar-refractivity contribution in [2.75, 3.05) is 40.4 Å². The number of piperidine rings is 1. The van der Waals surface area contributed by atoms with E-state index in [2.05, 4.69) is 0 Å². The molecule has 1 aromatic rings. The van der Waals surface area contributed by atoms with Gasteiger partial charge in [-0.25, -0.2) is 8.42 Å². The average molecular weight is 427 g/mol. The zero-order valence-electron chi connectivity index (χ0n) is 17.5. The molecule has 0 N–H and O–H groups in total. The Morgan fingerprint density at radius 1 is 1.17 bits per heavy atom. The van der Waals surface area contributed by atoms with Crippen LogP contribution in [0.3, 0.4) is 0 Å². The van der Waals surface area contributed by atoms with Crippen LogP contribution in [-0.2, 0) is 24.3 Å². The summed E-state index contributed by atoms with van der Waals surface area (Å²) in [6, 6.07) is 6.28. The molecule has 9 heteroatoms. The lowest BCUT2D eigenvalue weighted by molar-refractivity contribution is -0.147. The standard InChI is InChI=1S/C20H30N2O6S/c1-5-21(14-15(2)20(24)28-4)19(23)16-10-12-22(13-11-16)29(25,26)18-8-6-17(27-3)7-9-18/h6-9,15-16H,5,10-14H2,1-4H3. The minimum absolute atomic E-state index is 0.0373. The van der Waals surface area contributed by atoms with Crippen molar-refractivity contribution in [1.29, 1.82) is 0 Å². The first-order valence-corrected chi connectivity index (χ1v) is 11.2. The molecule has 8 nitrogen and oxygen atoms in total. The highest BCUT2D eigenvalue weighted by molar-refractivity contribution is 7.89. The van der Waals surface area contributed by atoms with E-state index in [0.29, 0.717) is 31.7 Å². The topological polar surface area (TPSA) is 93.2 Å². The predicted octanol–water partition coefficient (Wildman–Crippen LogP) is 1.75. The van der Waals surface area contributed by atoms with Gasteiger partial charge >= 0.3 is 5.97 Å². The van der Waals surface area contributed by atoms with Crippen molar-refractivity contribution >= 4 is 21.9 Å². The summed E-state index contributed by atoms with van der Waals surface area (Å²) in [5, 5.41) is 0. The van der Waals surface area contributed by atoms with Crippen molar-refractivity contribution in [3.05, 3.63) is 24.3 Å². The molecular weight excluding hydrogens is 396 g/mol. The molecule has 1 unspecified atom stereocenters. The second-order valence-electron chi connectivity index (χ2n) is 7.15. The number of nitrogens with zero attached hydrogens (tertiary/aromatic N) is 2. The van der Waals surface area contributed by atoms with Gasteiger partial charge in [0, 0.05) is 32.1 Å². The first-order chi connectivity index (χ1) is 13.7. The molecule has 2 rings (SSSR count). The van der Waals surface area contributed by atoms with Crippen LogP contribution in [0.1, 0.15) is 26.7 Å². The number of benzene rings is 1. The number of ether oxygens (including phenoxy) is 2.